The molecule has 0 aliphatic heterocycles. The van der Waals surface area contributed by atoms with Gasteiger partial charge >= 0.3 is 7.32 Å². The molecule has 0 amide bonds. The quantitative estimate of drug-likeness (QED) is 0.583. The van der Waals surface area contributed by atoms with Crippen LogP contribution in [0.3, 0.4) is 0 Å². The third kappa shape index (κ3) is 3.12. The summed E-state index contributed by atoms with van der Waals surface area (Å²) in [6.07, 6.45) is 0. The molecule has 0 fully saturated rings. The van der Waals surface area contributed by atoms with E-state index in [9.17, 15) is 0 Å². The van der Waals surface area contributed by atoms with Crippen LogP contribution in [0.5, 0.6) is 0 Å². The molecule has 0 aromatic heterocycles. The van der Waals surface area contributed by atoms with E-state index in [1.165, 1.54) is 14.2 Å². The highest BCUT2D eigenvalue weighted by atomic mass is 32.2. The van der Waals surface area contributed by atoms with Gasteiger partial charge in [-0.25, -0.2) is 0 Å². The van der Waals surface area contributed by atoms with Gasteiger partial charge in [-0.15, -0.1) is 0 Å². The normalized spacial score (nSPS) is 11.4. The van der Waals surface area contributed by atoms with E-state index in [4.69, 9.17) is 13.4 Å². The zero-order valence-corrected chi connectivity index (χ0v) is 10.8. The molecule has 1 aromatic rings. The van der Waals surface area contributed by atoms with E-state index in [0.29, 0.717) is 0 Å². The Labute approximate surface area is 98.2 Å². The van der Waals surface area contributed by atoms with Crippen molar-refractivity contribution in [1.82, 2.24) is 0 Å². The second kappa shape index (κ2) is 5.54. The lowest BCUT2D eigenvalue weighted by atomic mass is 10.2. The van der Waals surface area contributed by atoms with Crippen LogP contribution in [0.2, 0.25) is 0 Å². The van der Waals surface area contributed by atoms with Crippen LogP contribution in [0.15, 0.2) is 29.2 Å². The van der Waals surface area contributed by atoms with Crippen molar-refractivity contribution in [2.75, 3.05) is 14.2 Å². The average Bonchev–Trinajstić information content (AvgIpc) is 2.26. The van der Waals surface area contributed by atoms with Gasteiger partial charge in [0.25, 0.3) is 0 Å². The van der Waals surface area contributed by atoms with Crippen LogP contribution >= 0.6 is 9.49 Å². The van der Waals surface area contributed by atoms with E-state index in [1.54, 1.807) is 0 Å². The molecule has 3 nitrogen and oxygen atoms in total. The number of benzene rings is 1. The van der Waals surface area contributed by atoms with Gasteiger partial charge in [-0.05, 0) is 18.6 Å². The largest absolute Gasteiger partial charge is 0.650 e. The lowest BCUT2D eigenvalue weighted by Gasteiger charge is -2.20. The Bertz CT molecular complexity index is 438. The first-order valence-corrected chi connectivity index (χ1v) is 6.70. The smallest absolute Gasteiger partial charge is 0.388 e. The molecule has 0 saturated heterocycles. The molecule has 1 rings (SSSR count). The van der Waals surface area contributed by atoms with E-state index in [0.717, 1.165) is 10.5 Å². The van der Waals surface area contributed by atoms with Crippen molar-refractivity contribution < 1.29 is 13.4 Å². The highest BCUT2D eigenvalue weighted by Crippen LogP contribution is 2.35. The minimum atomic E-state index is -1.86. The Morgan fingerprint density at radius 2 is 1.69 bits per heavy atom. The number of rotatable bonds is 5. The fourth-order valence-corrected chi connectivity index (χ4v) is 2.89. The molecule has 0 heterocycles. The summed E-state index contributed by atoms with van der Waals surface area (Å²) in [4.78, 5) is 0.995. The van der Waals surface area contributed by atoms with Gasteiger partial charge in [0.15, 0.2) is 0 Å². The predicted molar refractivity (Wildman–Crippen MR) is 72.1 cm³/mol. The van der Waals surface area contributed by atoms with E-state index in [1.807, 2.05) is 31.2 Å². The standard InChI is InChI=1S/C11H17BO3S/c1-10-8-6-7-9-11(10)16(4,5)15-12(13-2)14-3/h6-9H,4-5H2,1-3H3. The van der Waals surface area contributed by atoms with Gasteiger partial charge in [-0.3, -0.25) is 0 Å². The molecule has 16 heavy (non-hydrogen) atoms. The summed E-state index contributed by atoms with van der Waals surface area (Å²) in [6.45, 7) is 2.01. The molecule has 0 unspecified atom stereocenters. The fourth-order valence-electron chi connectivity index (χ4n) is 1.35. The van der Waals surface area contributed by atoms with E-state index < -0.39 is 16.8 Å². The van der Waals surface area contributed by atoms with Crippen molar-refractivity contribution >= 4 is 28.5 Å². The highest BCUT2D eigenvalue weighted by Gasteiger charge is 2.21. The number of hydrogen-bond donors (Lipinski definition) is 0. The monoisotopic (exact) mass is 240 g/mol. The van der Waals surface area contributed by atoms with Crippen molar-refractivity contribution in [3.05, 3.63) is 29.8 Å². The second-order valence-electron chi connectivity index (χ2n) is 3.43. The molecular weight excluding hydrogens is 223 g/mol. The van der Waals surface area contributed by atoms with E-state index >= 15 is 0 Å². The summed E-state index contributed by atoms with van der Waals surface area (Å²) < 4.78 is 15.6. The molecule has 5 heteroatoms. The van der Waals surface area contributed by atoms with Gasteiger partial charge in [0, 0.05) is 19.1 Å². The molecule has 1 aromatic carbocycles. The first-order chi connectivity index (χ1) is 7.51. The summed E-state index contributed by atoms with van der Waals surface area (Å²) in [6, 6.07) is 7.88. The summed E-state index contributed by atoms with van der Waals surface area (Å²) >= 11 is 0. The van der Waals surface area contributed by atoms with Crippen LogP contribution in [0.25, 0.3) is 0 Å². The first kappa shape index (κ1) is 13.3. The fraction of sp³-hybridized carbons (Fsp3) is 0.273. The minimum Gasteiger partial charge on any atom is -0.388 e. The van der Waals surface area contributed by atoms with Crippen LogP contribution in [-0.4, -0.2) is 33.3 Å². The summed E-state index contributed by atoms with van der Waals surface area (Å²) in [5.41, 5.74) is 1.11. The lowest BCUT2D eigenvalue weighted by Crippen LogP contribution is -2.22. The summed E-state index contributed by atoms with van der Waals surface area (Å²) in [7, 11) is 0.435. The maximum atomic E-state index is 5.62. The van der Waals surface area contributed by atoms with Crippen molar-refractivity contribution in [3.63, 3.8) is 0 Å². The lowest BCUT2D eigenvalue weighted by molar-refractivity contribution is 0.212. The number of aryl methyl sites for hydroxylation is 1. The summed E-state index contributed by atoms with van der Waals surface area (Å²) in [5.74, 6) is 8.05. The number of hydrogen-bond acceptors (Lipinski definition) is 3. The van der Waals surface area contributed by atoms with Crippen LogP contribution in [0.4, 0.5) is 0 Å². The van der Waals surface area contributed by atoms with E-state index in [2.05, 4.69) is 11.7 Å². The zero-order valence-electron chi connectivity index (χ0n) is 9.93. The zero-order chi connectivity index (χ0) is 12.2. The van der Waals surface area contributed by atoms with Crippen LogP contribution < -0.4 is 0 Å². The van der Waals surface area contributed by atoms with Gasteiger partial charge in [0.1, 0.15) is 0 Å². The SMILES string of the molecule is C=S(=C)(OB(OC)OC)c1ccccc1C. The molecule has 0 radical (unpaired) electrons. The van der Waals surface area contributed by atoms with Gasteiger partial charge < -0.3 is 13.4 Å². The van der Waals surface area contributed by atoms with Gasteiger partial charge in [-0.2, -0.15) is 0 Å². The molecule has 0 N–H and O–H groups in total. The predicted octanol–water partition coefficient (Wildman–Crippen LogP) is 2.23. The Kier molecular flexibility index (Phi) is 4.62. The third-order valence-electron chi connectivity index (χ3n) is 2.14. The summed E-state index contributed by atoms with van der Waals surface area (Å²) in [5, 5.41) is 0. The third-order valence-corrected chi connectivity index (χ3v) is 3.93. The van der Waals surface area contributed by atoms with E-state index in [-0.39, 0.29) is 0 Å². The second-order valence-corrected chi connectivity index (χ2v) is 5.69. The maximum absolute atomic E-state index is 5.62. The molecule has 0 saturated carbocycles. The molecule has 0 atom stereocenters. The maximum Gasteiger partial charge on any atom is 0.650 e. The van der Waals surface area contributed by atoms with Crippen molar-refractivity contribution in [1.29, 1.82) is 0 Å². The van der Waals surface area contributed by atoms with Gasteiger partial charge in [0.05, 0.1) is 0 Å². The highest BCUT2D eigenvalue weighted by molar-refractivity contribution is 8.24. The molecular formula is C11H17BO3S. The Morgan fingerprint density at radius 1 is 1.12 bits per heavy atom. The van der Waals surface area contributed by atoms with Crippen molar-refractivity contribution in [3.8, 4) is 0 Å². The molecule has 0 aliphatic carbocycles. The Morgan fingerprint density at radius 3 is 2.19 bits per heavy atom. The minimum absolute atomic E-state index is 0.732. The van der Waals surface area contributed by atoms with Crippen LogP contribution in [0.1, 0.15) is 5.56 Å². The molecule has 0 spiro atoms. The van der Waals surface area contributed by atoms with Crippen molar-refractivity contribution in [2.24, 2.45) is 0 Å². The van der Waals surface area contributed by atoms with Crippen LogP contribution in [-0.2, 0) is 13.4 Å². The molecule has 0 aliphatic rings. The average molecular weight is 240 g/mol. The Balaban J connectivity index is 2.99. The first-order valence-electron chi connectivity index (χ1n) is 4.80. The van der Waals surface area contributed by atoms with Gasteiger partial charge in [-0.1, -0.05) is 39.4 Å². The molecule has 88 valence electrons. The van der Waals surface area contributed by atoms with Crippen molar-refractivity contribution in [2.45, 2.75) is 11.8 Å². The van der Waals surface area contributed by atoms with Crippen LogP contribution in [0, 0.1) is 6.92 Å². The van der Waals surface area contributed by atoms with Gasteiger partial charge in [0.2, 0.25) is 0 Å². The topological polar surface area (TPSA) is 27.7 Å². The Hall–Kier alpha value is -0.745. The molecule has 0 bridgehead atoms.